The molecular formula is C13H14FN3S. The molecular weight excluding hydrogens is 249 g/mol. The van der Waals surface area contributed by atoms with Crippen LogP contribution >= 0.6 is 11.8 Å². The maximum absolute atomic E-state index is 13.1. The fourth-order valence-corrected chi connectivity index (χ4v) is 2.42. The molecule has 0 bridgehead atoms. The minimum atomic E-state index is -0.237. The van der Waals surface area contributed by atoms with Crippen molar-refractivity contribution in [2.45, 2.75) is 23.8 Å². The number of aromatic nitrogens is 2. The number of halogens is 1. The van der Waals surface area contributed by atoms with Gasteiger partial charge in [-0.2, -0.15) is 0 Å². The number of hydrogen-bond acceptors (Lipinski definition) is 4. The van der Waals surface area contributed by atoms with E-state index < -0.39 is 0 Å². The van der Waals surface area contributed by atoms with Gasteiger partial charge in [0.15, 0.2) is 0 Å². The zero-order valence-corrected chi connectivity index (χ0v) is 11.1. The molecule has 1 heterocycles. The molecule has 94 valence electrons. The standard InChI is InChI=1S/C13H14FN3S/c1-3-15-12-9(2)13(17-8-16-12)18-11-6-4-5-10(14)7-11/h4-8H,3H2,1-2H3,(H,15,16,17). The van der Waals surface area contributed by atoms with Crippen molar-refractivity contribution in [3.63, 3.8) is 0 Å². The normalized spacial score (nSPS) is 10.4. The first-order chi connectivity index (χ1) is 8.70. The average molecular weight is 263 g/mol. The van der Waals surface area contributed by atoms with Crippen molar-refractivity contribution in [1.82, 2.24) is 9.97 Å². The smallest absolute Gasteiger partial charge is 0.133 e. The first-order valence-corrected chi connectivity index (χ1v) is 6.51. The minimum Gasteiger partial charge on any atom is -0.370 e. The Balaban J connectivity index is 2.26. The molecule has 1 aromatic carbocycles. The van der Waals surface area contributed by atoms with E-state index in [0.29, 0.717) is 0 Å². The highest BCUT2D eigenvalue weighted by Gasteiger charge is 2.08. The summed E-state index contributed by atoms with van der Waals surface area (Å²) in [5, 5.41) is 4.01. The summed E-state index contributed by atoms with van der Waals surface area (Å²) in [4.78, 5) is 9.25. The van der Waals surface area contributed by atoms with Gasteiger partial charge < -0.3 is 5.32 Å². The predicted molar refractivity (Wildman–Crippen MR) is 71.5 cm³/mol. The van der Waals surface area contributed by atoms with Crippen LogP contribution < -0.4 is 5.32 Å². The Morgan fingerprint density at radius 2 is 2.17 bits per heavy atom. The summed E-state index contributed by atoms with van der Waals surface area (Å²) in [6.45, 7) is 4.78. The molecule has 0 fully saturated rings. The molecule has 0 unspecified atom stereocenters. The summed E-state index contributed by atoms with van der Waals surface area (Å²) in [6, 6.07) is 6.49. The van der Waals surface area contributed by atoms with Crippen molar-refractivity contribution >= 4 is 17.6 Å². The molecule has 0 atom stereocenters. The highest BCUT2D eigenvalue weighted by Crippen LogP contribution is 2.30. The molecule has 2 aromatic rings. The van der Waals surface area contributed by atoms with Gasteiger partial charge in [0.1, 0.15) is 23.0 Å². The summed E-state index contributed by atoms with van der Waals surface area (Å²) in [5.41, 5.74) is 0.980. The molecule has 2 rings (SSSR count). The third-order valence-corrected chi connectivity index (χ3v) is 3.49. The molecule has 0 saturated carbocycles. The van der Waals surface area contributed by atoms with Crippen molar-refractivity contribution in [2.24, 2.45) is 0 Å². The SMILES string of the molecule is CCNc1ncnc(Sc2cccc(F)c2)c1C. The van der Waals surface area contributed by atoms with E-state index in [4.69, 9.17) is 0 Å². The van der Waals surface area contributed by atoms with E-state index in [9.17, 15) is 4.39 Å². The zero-order chi connectivity index (χ0) is 13.0. The van der Waals surface area contributed by atoms with Crippen LogP contribution in [-0.4, -0.2) is 16.5 Å². The lowest BCUT2D eigenvalue weighted by molar-refractivity contribution is 0.624. The van der Waals surface area contributed by atoms with E-state index in [-0.39, 0.29) is 5.82 Å². The maximum atomic E-state index is 13.1. The Morgan fingerprint density at radius 3 is 2.89 bits per heavy atom. The Hall–Kier alpha value is -1.62. The van der Waals surface area contributed by atoms with E-state index in [1.54, 1.807) is 6.07 Å². The second kappa shape index (κ2) is 5.82. The van der Waals surface area contributed by atoms with Crippen molar-refractivity contribution in [2.75, 3.05) is 11.9 Å². The van der Waals surface area contributed by atoms with Gasteiger partial charge in [0.25, 0.3) is 0 Å². The van der Waals surface area contributed by atoms with Crippen LogP contribution in [0.1, 0.15) is 12.5 Å². The first-order valence-electron chi connectivity index (χ1n) is 5.69. The second-order valence-electron chi connectivity index (χ2n) is 3.74. The average Bonchev–Trinajstić information content (AvgIpc) is 2.35. The number of anilines is 1. The first kappa shape index (κ1) is 12.8. The topological polar surface area (TPSA) is 37.8 Å². The Labute approximate surface area is 110 Å². The van der Waals surface area contributed by atoms with Crippen LogP contribution in [0.5, 0.6) is 0 Å². The number of benzene rings is 1. The van der Waals surface area contributed by atoms with Gasteiger partial charge in [0, 0.05) is 17.0 Å². The van der Waals surface area contributed by atoms with Crippen LogP contribution in [0.4, 0.5) is 10.2 Å². The van der Waals surface area contributed by atoms with Crippen LogP contribution in [-0.2, 0) is 0 Å². The second-order valence-corrected chi connectivity index (χ2v) is 4.80. The minimum absolute atomic E-state index is 0.237. The van der Waals surface area contributed by atoms with Gasteiger partial charge in [-0.05, 0) is 32.0 Å². The summed E-state index contributed by atoms with van der Waals surface area (Å²) >= 11 is 1.44. The van der Waals surface area contributed by atoms with Crippen molar-refractivity contribution in [1.29, 1.82) is 0 Å². The van der Waals surface area contributed by atoms with Crippen molar-refractivity contribution in [3.05, 3.63) is 42.0 Å². The molecule has 0 aliphatic carbocycles. The third-order valence-electron chi connectivity index (χ3n) is 2.39. The molecule has 1 aromatic heterocycles. The largest absolute Gasteiger partial charge is 0.370 e. The quantitative estimate of drug-likeness (QED) is 0.857. The molecule has 0 aliphatic heterocycles. The van der Waals surface area contributed by atoms with E-state index in [1.165, 1.54) is 30.2 Å². The van der Waals surface area contributed by atoms with Crippen LogP contribution in [0, 0.1) is 12.7 Å². The molecule has 3 nitrogen and oxygen atoms in total. The Morgan fingerprint density at radius 1 is 1.33 bits per heavy atom. The summed E-state index contributed by atoms with van der Waals surface area (Å²) in [6.07, 6.45) is 1.52. The lowest BCUT2D eigenvalue weighted by Crippen LogP contribution is -2.03. The molecule has 0 aliphatic rings. The van der Waals surface area contributed by atoms with E-state index in [0.717, 1.165) is 27.8 Å². The highest BCUT2D eigenvalue weighted by molar-refractivity contribution is 7.99. The van der Waals surface area contributed by atoms with Gasteiger partial charge in [0.05, 0.1) is 0 Å². The number of nitrogens with zero attached hydrogens (tertiary/aromatic N) is 2. The molecule has 0 saturated heterocycles. The van der Waals surface area contributed by atoms with Gasteiger partial charge in [-0.3, -0.25) is 0 Å². The van der Waals surface area contributed by atoms with E-state index >= 15 is 0 Å². The summed E-state index contributed by atoms with van der Waals surface area (Å²) < 4.78 is 13.1. The third kappa shape index (κ3) is 2.98. The fourth-order valence-electron chi connectivity index (χ4n) is 1.52. The molecule has 0 radical (unpaired) electrons. The van der Waals surface area contributed by atoms with Gasteiger partial charge >= 0.3 is 0 Å². The van der Waals surface area contributed by atoms with Gasteiger partial charge in [-0.1, -0.05) is 17.8 Å². The predicted octanol–water partition coefficient (Wildman–Crippen LogP) is 3.51. The van der Waals surface area contributed by atoms with E-state index in [2.05, 4.69) is 15.3 Å². The molecule has 0 spiro atoms. The maximum Gasteiger partial charge on any atom is 0.133 e. The monoisotopic (exact) mass is 263 g/mol. The number of rotatable bonds is 4. The number of hydrogen-bond donors (Lipinski definition) is 1. The Kier molecular flexibility index (Phi) is 4.15. The van der Waals surface area contributed by atoms with Crippen molar-refractivity contribution < 1.29 is 4.39 Å². The van der Waals surface area contributed by atoms with Crippen molar-refractivity contribution in [3.8, 4) is 0 Å². The molecule has 1 N–H and O–H groups in total. The summed E-state index contributed by atoms with van der Waals surface area (Å²) in [5.74, 6) is 0.588. The number of nitrogens with one attached hydrogen (secondary N) is 1. The molecule has 0 amide bonds. The van der Waals surface area contributed by atoms with Gasteiger partial charge in [0.2, 0.25) is 0 Å². The summed E-state index contributed by atoms with van der Waals surface area (Å²) in [7, 11) is 0. The zero-order valence-electron chi connectivity index (χ0n) is 10.3. The Bertz CT molecular complexity index is 546. The van der Waals surface area contributed by atoms with Crippen LogP contribution in [0.2, 0.25) is 0 Å². The fraction of sp³-hybridized carbons (Fsp3) is 0.231. The lowest BCUT2D eigenvalue weighted by atomic mass is 10.3. The van der Waals surface area contributed by atoms with Crippen LogP contribution in [0.3, 0.4) is 0 Å². The molecule has 5 heteroatoms. The van der Waals surface area contributed by atoms with Crippen LogP contribution in [0.15, 0.2) is 40.5 Å². The van der Waals surface area contributed by atoms with Crippen LogP contribution in [0.25, 0.3) is 0 Å². The van der Waals surface area contributed by atoms with Gasteiger partial charge in [-0.25, -0.2) is 14.4 Å². The molecule has 18 heavy (non-hydrogen) atoms. The van der Waals surface area contributed by atoms with Gasteiger partial charge in [-0.15, -0.1) is 0 Å². The van der Waals surface area contributed by atoms with E-state index in [1.807, 2.05) is 19.9 Å². The lowest BCUT2D eigenvalue weighted by Gasteiger charge is -2.09. The highest BCUT2D eigenvalue weighted by atomic mass is 32.2.